The van der Waals surface area contributed by atoms with Crippen LogP contribution < -0.4 is 24.4 Å². The van der Waals surface area contributed by atoms with Gasteiger partial charge in [-0.1, -0.05) is 29.5 Å². The van der Waals surface area contributed by atoms with Crippen molar-refractivity contribution in [1.82, 2.24) is 4.57 Å². The van der Waals surface area contributed by atoms with Crippen molar-refractivity contribution in [3.63, 3.8) is 0 Å². The number of ether oxygens (including phenoxy) is 3. The van der Waals surface area contributed by atoms with Gasteiger partial charge in [-0.05, 0) is 43.7 Å². The number of esters is 1. The lowest BCUT2D eigenvalue weighted by Crippen LogP contribution is -2.39. The standard InChI is InChI=1S/C25H23N3O7S/c1-4-34-19-11-10-16(12-20(19)35-5-2)22-17(24(30)33-3)14-26-25-27(22)23(29)21(36-25)13-15-8-6-7-9-18(15)28(31)32/h6-14,22H,4-5H2,1-3H3/b21-13-/t22-/m1/s1. The van der Waals surface area contributed by atoms with Gasteiger partial charge in [0.2, 0.25) is 0 Å². The molecule has 0 saturated carbocycles. The SMILES string of the molecule is CCOc1ccc([C@@H]2C(C(=O)OC)=CN=c3s/c(=C\c4ccccc4[N+](=O)[O-])c(=O)n32)cc1OCC. The van der Waals surface area contributed by atoms with E-state index in [9.17, 15) is 19.7 Å². The maximum absolute atomic E-state index is 13.6. The summed E-state index contributed by atoms with van der Waals surface area (Å²) in [5.74, 6) is 0.374. The summed E-state index contributed by atoms with van der Waals surface area (Å²) < 4.78 is 18.0. The average molecular weight is 510 g/mol. The summed E-state index contributed by atoms with van der Waals surface area (Å²) in [6.45, 7) is 4.53. The lowest BCUT2D eigenvalue weighted by Gasteiger charge is -2.23. The maximum atomic E-state index is 13.6. The van der Waals surface area contributed by atoms with E-state index in [1.807, 2.05) is 13.8 Å². The Balaban J connectivity index is 1.93. The van der Waals surface area contributed by atoms with Crippen LogP contribution in [-0.4, -0.2) is 35.8 Å². The van der Waals surface area contributed by atoms with E-state index in [-0.39, 0.29) is 21.4 Å². The molecule has 0 fully saturated rings. The number of hydrogen-bond acceptors (Lipinski definition) is 9. The molecule has 1 aliphatic heterocycles. The van der Waals surface area contributed by atoms with Crippen molar-refractivity contribution >= 4 is 29.1 Å². The van der Waals surface area contributed by atoms with Gasteiger partial charge in [-0.15, -0.1) is 0 Å². The predicted octanol–water partition coefficient (Wildman–Crippen LogP) is 2.72. The molecular weight excluding hydrogens is 486 g/mol. The van der Waals surface area contributed by atoms with Crippen LogP contribution in [0.15, 0.2) is 64.0 Å². The molecule has 0 aliphatic carbocycles. The molecule has 2 aromatic carbocycles. The van der Waals surface area contributed by atoms with Crippen molar-refractivity contribution < 1.29 is 23.9 Å². The number of aromatic nitrogens is 1. The van der Waals surface area contributed by atoms with Gasteiger partial charge >= 0.3 is 5.97 Å². The average Bonchev–Trinajstić information content (AvgIpc) is 3.19. The van der Waals surface area contributed by atoms with Gasteiger partial charge < -0.3 is 14.2 Å². The van der Waals surface area contributed by atoms with E-state index in [0.717, 1.165) is 11.3 Å². The van der Waals surface area contributed by atoms with E-state index in [4.69, 9.17) is 14.2 Å². The predicted molar refractivity (Wildman–Crippen MR) is 133 cm³/mol. The Labute approximate surface area is 209 Å². The van der Waals surface area contributed by atoms with Gasteiger partial charge in [0.05, 0.1) is 47.0 Å². The van der Waals surface area contributed by atoms with Gasteiger partial charge in [-0.2, -0.15) is 0 Å². The van der Waals surface area contributed by atoms with E-state index in [0.29, 0.717) is 35.1 Å². The summed E-state index contributed by atoms with van der Waals surface area (Å²) in [4.78, 5) is 41.9. The summed E-state index contributed by atoms with van der Waals surface area (Å²) in [6.07, 6.45) is 2.85. The first-order valence-electron chi connectivity index (χ1n) is 11.1. The van der Waals surface area contributed by atoms with Crippen molar-refractivity contribution in [3.8, 4) is 11.5 Å². The molecule has 0 saturated heterocycles. The number of methoxy groups -OCH3 is 1. The fourth-order valence-corrected chi connectivity index (χ4v) is 4.86. The van der Waals surface area contributed by atoms with Crippen LogP contribution in [0.1, 0.15) is 31.0 Å². The smallest absolute Gasteiger partial charge is 0.337 e. The van der Waals surface area contributed by atoms with Gasteiger partial charge in [0.1, 0.15) is 0 Å². The highest BCUT2D eigenvalue weighted by Gasteiger charge is 2.31. The Morgan fingerprint density at radius 1 is 1.17 bits per heavy atom. The van der Waals surface area contributed by atoms with Crippen molar-refractivity contribution in [2.75, 3.05) is 20.3 Å². The quantitative estimate of drug-likeness (QED) is 0.260. The van der Waals surface area contributed by atoms with E-state index in [1.165, 1.54) is 30.0 Å². The summed E-state index contributed by atoms with van der Waals surface area (Å²) in [6, 6.07) is 10.5. The van der Waals surface area contributed by atoms with E-state index < -0.39 is 22.5 Å². The van der Waals surface area contributed by atoms with Crippen LogP contribution in [0.4, 0.5) is 5.69 Å². The zero-order valence-electron chi connectivity index (χ0n) is 19.8. The van der Waals surface area contributed by atoms with Crippen LogP contribution in [0.2, 0.25) is 0 Å². The van der Waals surface area contributed by atoms with Crippen molar-refractivity contribution in [2.45, 2.75) is 19.9 Å². The number of hydrogen-bond donors (Lipinski definition) is 0. The number of benzene rings is 2. The normalized spacial score (nSPS) is 14.9. The third kappa shape index (κ3) is 4.65. The Bertz CT molecular complexity index is 1540. The molecule has 0 bridgehead atoms. The van der Waals surface area contributed by atoms with Crippen LogP contribution in [-0.2, 0) is 9.53 Å². The molecular formula is C25H23N3O7S. The molecule has 0 radical (unpaired) electrons. The van der Waals surface area contributed by atoms with Crippen LogP contribution >= 0.6 is 11.3 Å². The monoisotopic (exact) mass is 509 g/mol. The second kappa shape index (κ2) is 10.6. The highest BCUT2D eigenvalue weighted by Crippen LogP contribution is 2.35. The van der Waals surface area contributed by atoms with Gasteiger partial charge in [-0.3, -0.25) is 19.5 Å². The molecule has 10 nitrogen and oxygen atoms in total. The van der Waals surface area contributed by atoms with Crippen molar-refractivity contribution in [2.24, 2.45) is 4.99 Å². The molecule has 4 rings (SSSR count). The lowest BCUT2D eigenvalue weighted by molar-refractivity contribution is -0.385. The van der Waals surface area contributed by atoms with E-state index in [2.05, 4.69) is 4.99 Å². The third-order valence-electron chi connectivity index (χ3n) is 5.43. The molecule has 1 atom stereocenters. The molecule has 36 heavy (non-hydrogen) atoms. The molecule has 0 amide bonds. The second-order valence-electron chi connectivity index (χ2n) is 7.56. The molecule has 1 aromatic heterocycles. The number of carbonyl (C=O) groups excluding carboxylic acids is 1. The molecule has 11 heteroatoms. The summed E-state index contributed by atoms with van der Waals surface area (Å²) in [5.41, 5.74) is 0.475. The van der Waals surface area contributed by atoms with Crippen LogP contribution in [0, 0.1) is 10.1 Å². The number of fused-ring (bicyclic) bond motifs is 1. The minimum Gasteiger partial charge on any atom is -0.490 e. The maximum Gasteiger partial charge on any atom is 0.337 e. The van der Waals surface area contributed by atoms with Gasteiger partial charge in [-0.25, -0.2) is 9.79 Å². The highest BCUT2D eigenvalue weighted by atomic mass is 32.1. The Morgan fingerprint density at radius 3 is 2.58 bits per heavy atom. The summed E-state index contributed by atoms with van der Waals surface area (Å²) in [7, 11) is 1.25. The zero-order valence-corrected chi connectivity index (χ0v) is 20.6. The number of nitro groups is 1. The molecule has 0 spiro atoms. The highest BCUT2D eigenvalue weighted by molar-refractivity contribution is 7.07. The molecule has 0 unspecified atom stereocenters. The minimum atomic E-state index is -0.850. The number of para-hydroxylation sites is 1. The molecule has 0 N–H and O–H groups in total. The largest absolute Gasteiger partial charge is 0.490 e. The summed E-state index contributed by atoms with van der Waals surface area (Å²) in [5, 5.41) is 11.4. The molecule has 186 valence electrons. The zero-order chi connectivity index (χ0) is 25.8. The van der Waals surface area contributed by atoms with Crippen LogP contribution in [0.5, 0.6) is 11.5 Å². The topological polar surface area (TPSA) is 122 Å². The van der Waals surface area contributed by atoms with E-state index >= 15 is 0 Å². The van der Waals surface area contributed by atoms with Gasteiger partial charge in [0.15, 0.2) is 16.3 Å². The van der Waals surface area contributed by atoms with Crippen molar-refractivity contribution in [3.05, 3.63) is 95.2 Å². The first-order valence-corrected chi connectivity index (χ1v) is 11.9. The molecule has 2 heterocycles. The first-order chi connectivity index (χ1) is 17.4. The minimum absolute atomic E-state index is 0.122. The lowest BCUT2D eigenvalue weighted by atomic mass is 9.97. The number of thiazole rings is 1. The van der Waals surface area contributed by atoms with Crippen LogP contribution in [0.25, 0.3) is 6.08 Å². The van der Waals surface area contributed by atoms with E-state index in [1.54, 1.807) is 36.4 Å². The number of nitro benzene ring substituents is 1. The van der Waals surface area contributed by atoms with Gasteiger partial charge in [0.25, 0.3) is 11.2 Å². The number of rotatable bonds is 8. The Hall–Kier alpha value is -4.25. The molecule has 3 aromatic rings. The van der Waals surface area contributed by atoms with Crippen LogP contribution in [0.3, 0.4) is 0 Å². The Morgan fingerprint density at radius 2 is 1.89 bits per heavy atom. The van der Waals surface area contributed by atoms with Crippen molar-refractivity contribution in [1.29, 1.82) is 0 Å². The fourth-order valence-electron chi connectivity index (χ4n) is 3.90. The second-order valence-corrected chi connectivity index (χ2v) is 8.57. The number of carbonyl (C=O) groups is 1. The fraction of sp³-hybridized carbons (Fsp3) is 0.240. The van der Waals surface area contributed by atoms with Gasteiger partial charge in [0, 0.05) is 12.3 Å². The molecule has 1 aliphatic rings. The Kier molecular flexibility index (Phi) is 7.30. The summed E-state index contributed by atoms with van der Waals surface area (Å²) >= 11 is 1.08. The number of nitrogens with zero attached hydrogens (tertiary/aromatic N) is 3. The first kappa shape index (κ1) is 24.9. The third-order valence-corrected chi connectivity index (χ3v) is 6.43.